The maximum absolute atomic E-state index is 12.4. The highest BCUT2D eigenvalue weighted by Gasteiger charge is 2.32. The van der Waals surface area contributed by atoms with Crippen molar-refractivity contribution in [3.8, 4) is 0 Å². The Bertz CT molecular complexity index is 787. The molecule has 2 N–H and O–H groups in total. The van der Waals surface area contributed by atoms with Crippen LogP contribution in [0.2, 0.25) is 0 Å². The molecule has 0 amide bonds. The SMILES string of the molecule is CN=C(NCCc1ccc(S(C)(=O)=O)cc1)NCCC1CCN(CC(F)(F)F)CC1. The Morgan fingerprint density at radius 3 is 2.27 bits per heavy atom. The van der Waals surface area contributed by atoms with E-state index in [1.165, 1.54) is 11.2 Å². The number of hydrogen-bond donors (Lipinski definition) is 2. The van der Waals surface area contributed by atoms with Crippen LogP contribution in [0.15, 0.2) is 34.2 Å². The van der Waals surface area contributed by atoms with Gasteiger partial charge in [-0.3, -0.25) is 9.89 Å². The zero-order valence-electron chi connectivity index (χ0n) is 17.5. The highest BCUT2D eigenvalue weighted by molar-refractivity contribution is 7.90. The third-order valence-corrected chi connectivity index (χ3v) is 6.36. The van der Waals surface area contributed by atoms with Crippen molar-refractivity contribution >= 4 is 15.8 Å². The normalized spacial score (nSPS) is 17.2. The number of likely N-dealkylation sites (tertiary alicyclic amines) is 1. The smallest absolute Gasteiger partial charge is 0.356 e. The Hall–Kier alpha value is -1.81. The van der Waals surface area contributed by atoms with E-state index in [1.807, 2.05) is 0 Å². The topological polar surface area (TPSA) is 73.8 Å². The summed E-state index contributed by atoms with van der Waals surface area (Å²) in [5.41, 5.74) is 1.02. The number of alkyl halides is 3. The van der Waals surface area contributed by atoms with Crippen molar-refractivity contribution < 1.29 is 21.6 Å². The van der Waals surface area contributed by atoms with Gasteiger partial charge in [0, 0.05) is 26.4 Å². The Morgan fingerprint density at radius 1 is 1.13 bits per heavy atom. The lowest BCUT2D eigenvalue weighted by Gasteiger charge is -2.32. The zero-order valence-corrected chi connectivity index (χ0v) is 18.3. The molecule has 30 heavy (non-hydrogen) atoms. The highest BCUT2D eigenvalue weighted by atomic mass is 32.2. The van der Waals surface area contributed by atoms with Crippen LogP contribution in [0.1, 0.15) is 24.8 Å². The molecule has 0 aromatic heterocycles. The number of benzene rings is 1. The molecule has 1 aromatic rings. The van der Waals surface area contributed by atoms with Crippen LogP contribution in [0.4, 0.5) is 13.2 Å². The minimum Gasteiger partial charge on any atom is -0.356 e. The largest absolute Gasteiger partial charge is 0.401 e. The van der Waals surface area contributed by atoms with Gasteiger partial charge in [0.2, 0.25) is 0 Å². The number of nitrogens with zero attached hydrogens (tertiary/aromatic N) is 2. The summed E-state index contributed by atoms with van der Waals surface area (Å²) >= 11 is 0. The fourth-order valence-corrected chi connectivity index (χ4v) is 4.16. The van der Waals surface area contributed by atoms with E-state index in [1.54, 1.807) is 31.3 Å². The van der Waals surface area contributed by atoms with Gasteiger partial charge in [-0.2, -0.15) is 13.2 Å². The Kier molecular flexibility index (Phi) is 8.96. The molecule has 0 saturated carbocycles. The average Bonchev–Trinajstić information content (AvgIpc) is 2.66. The van der Waals surface area contributed by atoms with Crippen LogP contribution in [0.5, 0.6) is 0 Å². The monoisotopic (exact) mass is 448 g/mol. The van der Waals surface area contributed by atoms with E-state index in [4.69, 9.17) is 0 Å². The van der Waals surface area contributed by atoms with Gasteiger partial charge in [0.1, 0.15) is 0 Å². The molecule has 6 nitrogen and oxygen atoms in total. The molecule has 10 heteroatoms. The number of sulfone groups is 1. The van der Waals surface area contributed by atoms with Crippen LogP contribution >= 0.6 is 0 Å². The standard InChI is InChI=1S/C20H31F3N4O2S/c1-24-19(25-11-7-16-3-5-18(6-4-16)30(2,28)29)26-12-8-17-9-13-27(14-10-17)15-20(21,22)23/h3-6,17H,7-15H2,1-2H3,(H2,24,25,26). The number of piperidine rings is 1. The summed E-state index contributed by atoms with van der Waals surface area (Å²) in [6.45, 7) is 1.54. The number of aliphatic imine (C=N–C) groups is 1. The number of halogens is 3. The van der Waals surface area contributed by atoms with Gasteiger partial charge in [-0.1, -0.05) is 12.1 Å². The molecule has 2 rings (SSSR count). The second-order valence-corrected chi connectivity index (χ2v) is 9.73. The molecule has 0 radical (unpaired) electrons. The Morgan fingerprint density at radius 2 is 1.73 bits per heavy atom. The summed E-state index contributed by atoms with van der Waals surface area (Å²) < 4.78 is 60.3. The van der Waals surface area contributed by atoms with Crippen LogP contribution in [-0.2, 0) is 16.3 Å². The summed E-state index contributed by atoms with van der Waals surface area (Å²) in [4.78, 5) is 5.97. The van der Waals surface area contributed by atoms with E-state index in [0.717, 1.165) is 31.2 Å². The molecule has 1 aliphatic heterocycles. The Labute approximate surface area is 176 Å². The molecule has 0 atom stereocenters. The van der Waals surface area contributed by atoms with Crippen LogP contribution in [-0.4, -0.2) is 71.5 Å². The van der Waals surface area contributed by atoms with Gasteiger partial charge in [0.15, 0.2) is 15.8 Å². The molecule has 0 spiro atoms. The fourth-order valence-electron chi connectivity index (χ4n) is 3.53. The average molecular weight is 449 g/mol. The molecule has 0 aliphatic carbocycles. The van der Waals surface area contributed by atoms with Gasteiger partial charge >= 0.3 is 6.18 Å². The maximum atomic E-state index is 12.4. The number of hydrogen-bond acceptors (Lipinski definition) is 4. The molecule has 1 saturated heterocycles. The van der Waals surface area contributed by atoms with Gasteiger partial charge in [-0.25, -0.2) is 8.42 Å². The predicted molar refractivity (Wildman–Crippen MR) is 112 cm³/mol. The van der Waals surface area contributed by atoms with Crippen LogP contribution in [0.3, 0.4) is 0 Å². The van der Waals surface area contributed by atoms with E-state index < -0.39 is 22.6 Å². The number of nitrogens with one attached hydrogen (secondary N) is 2. The van der Waals surface area contributed by atoms with Crippen molar-refractivity contribution in [1.29, 1.82) is 0 Å². The summed E-state index contributed by atoms with van der Waals surface area (Å²) in [6.07, 6.45) is 0.254. The molecule has 170 valence electrons. The van der Waals surface area contributed by atoms with E-state index in [2.05, 4.69) is 15.6 Å². The molecule has 1 fully saturated rings. The lowest BCUT2D eigenvalue weighted by molar-refractivity contribution is -0.148. The van der Waals surface area contributed by atoms with Crippen molar-refractivity contribution in [1.82, 2.24) is 15.5 Å². The van der Waals surface area contributed by atoms with E-state index in [0.29, 0.717) is 43.0 Å². The van der Waals surface area contributed by atoms with Crippen molar-refractivity contribution in [2.75, 3.05) is 46.0 Å². The van der Waals surface area contributed by atoms with Crippen LogP contribution in [0, 0.1) is 5.92 Å². The molecule has 1 aliphatic rings. The molecule has 1 aromatic carbocycles. The number of guanidine groups is 1. The molecule has 1 heterocycles. The third kappa shape index (κ3) is 8.91. The lowest BCUT2D eigenvalue weighted by atomic mass is 9.93. The van der Waals surface area contributed by atoms with Crippen LogP contribution < -0.4 is 10.6 Å². The first-order valence-corrected chi connectivity index (χ1v) is 12.0. The second-order valence-electron chi connectivity index (χ2n) is 7.72. The quantitative estimate of drug-likeness (QED) is 0.472. The zero-order chi connectivity index (χ0) is 22.2. The van der Waals surface area contributed by atoms with Gasteiger partial charge in [0.25, 0.3) is 0 Å². The van der Waals surface area contributed by atoms with Crippen LogP contribution in [0.25, 0.3) is 0 Å². The van der Waals surface area contributed by atoms with Gasteiger partial charge < -0.3 is 10.6 Å². The highest BCUT2D eigenvalue weighted by Crippen LogP contribution is 2.23. The molecular weight excluding hydrogens is 417 g/mol. The van der Waals surface area contributed by atoms with E-state index in [9.17, 15) is 21.6 Å². The minimum atomic E-state index is -4.12. The first-order chi connectivity index (χ1) is 14.1. The Balaban J connectivity index is 1.64. The van der Waals surface area contributed by atoms with Crippen molar-refractivity contribution in [3.63, 3.8) is 0 Å². The summed E-state index contributed by atoms with van der Waals surface area (Å²) in [5, 5.41) is 6.47. The van der Waals surface area contributed by atoms with Gasteiger partial charge in [0.05, 0.1) is 11.4 Å². The molecular formula is C20H31F3N4O2S. The predicted octanol–water partition coefficient (Wildman–Crippen LogP) is 2.46. The first-order valence-electron chi connectivity index (χ1n) is 10.1. The summed E-state index contributed by atoms with van der Waals surface area (Å²) in [6, 6.07) is 6.83. The number of rotatable bonds is 8. The molecule has 0 unspecified atom stereocenters. The first kappa shape index (κ1) is 24.5. The van der Waals surface area contributed by atoms with Crippen molar-refractivity contribution in [3.05, 3.63) is 29.8 Å². The van der Waals surface area contributed by atoms with E-state index in [-0.39, 0.29) is 0 Å². The third-order valence-electron chi connectivity index (χ3n) is 5.24. The fraction of sp³-hybridized carbons (Fsp3) is 0.650. The minimum absolute atomic E-state index is 0.306. The van der Waals surface area contributed by atoms with E-state index >= 15 is 0 Å². The maximum Gasteiger partial charge on any atom is 0.401 e. The van der Waals surface area contributed by atoms with Gasteiger partial charge in [-0.05, 0) is 62.4 Å². The van der Waals surface area contributed by atoms with Crippen molar-refractivity contribution in [2.45, 2.75) is 36.8 Å². The lowest BCUT2D eigenvalue weighted by Crippen LogP contribution is -2.42. The summed E-state index contributed by atoms with van der Waals surface area (Å²) in [5.74, 6) is 1.10. The second kappa shape index (κ2) is 11.0. The van der Waals surface area contributed by atoms with Gasteiger partial charge in [-0.15, -0.1) is 0 Å². The summed E-state index contributed by atoms with van der Waals surface area (Å²) in [7, 11) is -1.50. The van der Waals surface area contributed by atoms with Crippen molar-refractivity contribution in [2.24, 2.45) is 10.9 Å². The molecule has 0 bridgehead atoms.